The van der Waals surface area contributed by atoms with Crippen LogP contribution in [0.5, 0.6) is 0 Å². The van der Waals surface area contributed by atoms with Gasteiger partial charge in [-0.15, -0.1) is 0 Å². The molecule has 0 saturated heterocycles. The molecule has 0 saturated carbocycles. The quantitative estimate of drug-likeness (QED) is 0.938. The highest BCUT2D eigenvalue weighted by Crippen LogP contribution is 2.15. The molecule has 0 atom stereocenters. The molecule has 1 aromatic carbocycles. The minimum absolute atomic E-state index is 0.0790. The van der Waals surface area contributed by atoms with Crippen LogP contribution in [0, 0.1) is 0 Å². The second-order valence-electron chi connectivity index (χ2n) is 3.50. The zero-order valence-corrected chi connectivity index (χ0v) is 10.7. The predicted molar refractivity (Wildman–Crippen MR) is 68.7 cm³/mol. The topological polar surface area (TPSA) is 46.9 Å². The lowest BCUT2D eigenvalue weighted by molar-refractivity contribution is 0.0951. The van der Waals surface area contributed by atoms with E-state index in [1.54, 1.807) is 16.9 Å². The third-order valence-electron chi connectivity index (χ3n) is 2.30. The largest absolute Gasteiger partial charge is 0.350 e. The van der Waals surface area contributed by atoms with Gasteiger partial charge < -0.3 is 5.32 Å². The summed E-state index contributed by atoms with van der Waals surface area (Å²) < 4.78 is 2.58. The van der Waals surface area contributed by atoms with Crippen molar-refractivity contribution in [1.29, 1.82) is 0 Å². The van der Waals surface area contributed by atoms with Crippen molar-refractivity contribution in [2.75, 3.05) is 6.54 Å². The molecule has 0 aliphatic carbocycles. The maximum absolute atomic E-state index is 11.8. The third kappa shape index (κ3) is 3.17. The van der Waals surface area contributed by atoms with E-state index in [-0.39, 0.29) is 5.91 Å². The predicted octanol–water partition coefficient (Wildman–Crippen LogP) is 2.08. The Morgan fingerprint density at radius 3 is 2.88 bits per heavy atom. The maximum Gasteiger partial charge on any atom is 0.252 e. The zero-order valence-electron chi connectivity index (χ0n) is 9.14. The van der Waals surface area contributed by atoms with E-state index in [1.807, 2.05) is 30.5 Å². The van der Waals surface area contributed by atoms with Gasteiger partial charge in [0.1, 0.15) is 0 Å². The van der Waals surface area contributed by atoms with Gasteiger partial charge in [0, 0.05) is 23.4 Å². The summed E-state index contributed by atoms with van der Waals surface area (Å²) in [7, 11) is 0. The highest BCUT2D eigenvalue weighted by molar-refractivity contribution is 9.10. The summed E-state index contributed by atoms with van der Waals surface area (Å²) in [5.74, 6) is -0.0790. The van der Waals surface area contributed by atoms with Crippen LogP contribution >= 0.6 is 15.9 Å². The number of amides is 1. The van der Waals surface area contributed by atoms with Crippen molar-refractivity contribution in [3.8, 4) is 0 Å². The number of carbonyl (C=O) groups excluding carboxylic acids is 1. The van der Waals surface area contributed by atoms with Gasteiger partial charge in [0.2, 0.25) is 0 Å². The summed E-state index contributed by atoms with van der Waals surface area (Å²) in [5.41, 5.74) is 0.646. The average molecular weight is 294 g/mol. The first-order valence-corrected chi connectivity index (χ1v) is 6.07. The molecule has 1 N–H and O–H groups in total. The average Bonchev–Trinajstić information content (AvgIpc) is 2.82. The molecule has 0 radical (unpaired) electrons. The molecule has 2 rings (SSSR count). The summed E-state index contributed by atoms with van der Waals surface area (Å²) in [4.78, 5) is 11.8. The number of aromatic nitrogens is 2. The zero-order chi connectivity index (χ0) is 12.1. The fourth-order valence-electron chi connectivity index (χ4n) is 1.46. The number of benzene rings is 1. The van der Waals surface area contributed by atoms with Gasteiger partial charge in [-0.2, -0.15) is 5.10 Å². The second kappa shape index (κ2) is 5.63. The van der Waals surface area contributed by atoms with Crippen LogP contribution in [-0.2, 0) is 6.54 Å². The molecule has 0 spiro atoms. The fraction of sp³-hybridized carbons (Fsp3) is 0.167. The van der Waals surface area contributed by atoms with Crippen LogP contribution in [-0.4, -0.2) is 22.2 Å². The number of carbonyl (C=O) groups is 1. The SMILES string of the molecule is O=C(NCCn1cccn1)c1ccccc1Br. The number of nitrogens with zero attached hydrogens (tertiary/aromatic N) is 2. The van der Waals surface area contributed by atoms with Crippen molar-refractivity contribution in [1.82, 2.24) is 15.1 Å². The molecule has 0 bridgehead atoms. The lowest BCUT2D eigenvalue weighted by Gasteiger charge is -2.06. The summed E-state index contributed by atoms with van der Waals surface area (Å²) in [6.07, 6.45) is 3.58. The monoisotopic (exact) mass is 293 g/mol. The molecule has 5 heteroatoms. The summed E-state index contributed by atoms with van der Waals surface area (Å²) in [6, 6.07) is 9.21. The Kier molecular flexibility index (Phi) is 3.93. The molecule has 0 aliphatic rings. The number of rotatable bonds is 4. The molecule has 2 aromatic rings. The van der Waals surface area contributed by atoms with E-state index in [4.69, 9.17) is 0 Å². The van der Waals surface area contributed by atoms with Gasteiger partial charge in [0.05, 0.1) is 12.1 Å². The molecule has 1 amide bonds. The first kappa shape index (κ1) is 11.9. The molecule has 1 aromatic heterocycles. The highest BCUT2D eigenvalue weighted by atomic mass is 79.9. The maximum atomic E-state index is 11.8. The Morgan fingerprint density at radius 1 is 1.35 bits per heavy atom. The lowest BCUT2D eigenvalue weighted by atomic mass is 10.2. The van der Waals surface area contributed by atoms with E-state index in [2.05, 4.69) is 26.3 Å². The van der Waals surface area contributed by atoms with Crippen LogP contribution in [0.4, 0.5) is 0 Å². The van der Waals surface area contributed by atoms with Gasteiger partial charge in [0.15, 0.2) is 0 Å². The molecular weight excluding hydrogens is 282 g/mol. The van der Waals surface area contributed by atoms with E-state index in [1.165, 1.54) is 0 Å². The Morgan fingerprint density at radius 2 is 2.18 bits per heavy atom. The van der Waals surface area contributed by atoms with Crippen molar-refractivity contribution in [3.05, 3.63) is 52.8 Å². The van der Waals surface area contributed by atoms with Crippen LogP contribution in [0.2, 0.25) is 0 Å². The van der Waals surface area contributed by atoms with Crippen LogP contribution in [0.3, 0.4) is 0 Å². The Balaban J connectivity index is 1.88. The summed E-state index contributed by atoms with van der Waals surface area (Å²) in [5, 5.41) is 6.91. The number of nitrogens with one attached hydrogen (secondary N) is 1. The fourth-order valence-corrected chi connectivity index (χ4v) is 1.92. The molecule has 17 heavy (non-hydrogen) atoms. The van der Waals surface area contributed by atoms with Gasteiger partial charge in [-0.3, -0.25) is 9.48 Å². The molecule has 4 nitrogen and oxygen atoms in total. The molecular formula is C12H12BrN3O. The van der Waals surface area contributed by atoms with E-state index in [0.717, 1.165) is 4.47 Å². The summed E-state index contributed by atoms with van der Waals surface area (Å²) in [6.45, 7) is 1.23. The first-order chi connectivity index (χ1) is 8.27. The van der Waals surface area contributed by atoms with Crippen molar-refractivity contribution in [2.24, 2.45) is 0 Å². The van der Waals surface area contributed by atoms with Crippen LogP contribution < -0.4 is 5.32 Å². The van der Waals surface area contributed by atoms with E-state index >= 15 is 0 Å². The molecule has 0 fully saturated rings. The van der Waals surface area contributed by atoms with Gasteiger partial charge in [-0.25, -0.2) is 0 Å². The standard InChI is InChI=1S/C12H12BrN3O/c13-11-5-2-1-4-10(11)12(17)14-7-9-16-8-3-6-15-16/h1-6,8H,7,9H2,(H,14,17). The van der Waals surface area contributed by atoms with E-state index in [9.17, 15) is 4.79 Å². The van der Waals surface area contributed by atoms with E-state index in [0.29, 0.717) is 18.7 Å². The molecule has 0 unspecified atom stereocenters. The van der Waals surface area contributed by atoms with Gasteiger partial charge >= 0.3 is 0 Å². The highest BCUT2D eigenvalue weighted by Gasteiger charge is 2.07. The minimum atomic E-state index is -0.0790. The molecule has 1 heterocycles. The van der Waals surface area contributed by atoms with Crippen molar-refractivity contribution in [3.63, 3.8) is 0 Å². The van der Waals surface area contributed by atoms with Crippen LogP contribution in [0.1, 0.15) is 10.4 Å². The first-order valence-electron chi connectivity index (χ1n) is 5.27. The van der Waals surface area contributed by atoms with Crippen molar-refractivity contribution in [2.45, 2.75) is 6.54 Å². The number of halogens is 1. The number of hydrogen-bond donors (Lipinski definition) is 1. The smallest absolute Gasteiger partial charge is 0.252 e. The Hall–Kier alpha value is -1.62. The summed E-state index contributed by atoms with van der Waals surface area (Å²) >= 11 is 3.35. The van der Waals surface area contributed by atoms with Crippen molar-refractivity contribution < 1.29 is 4.79 Å². The second-order valence-corrected chi connectivity index (χ2v) is 4.36. The Labute approximate surface area is 108 Å². The van der Waals surface area contributed by atoms with Crippen LogP contribution in [0.15, 0.2) is 47.2 Å². The van der Waals surface area contributed by atoms with Gasteiger partial charge in [-0.05, 0) is 34.1 Å². The minimum Gasteiger partial charge on any atom is -0.350 e. The molecule has 88 valence electrons. The van der Waals surface area contributed by atoms with Gasteiger partial charge in [0.25, 0.3) is 5.91 Å². The van der Waals surface area contributed by atoms with E-state index < -0.39 is 0 Å². The Bertz CT molecular complexity index is 496. The van der Waals surface area contributed by atoms with Crippen LogP contribution in [0.25, 0.3) is 0 Å². The normalized spacial score (nSPS) is 10.2. The van der Waals surface area contributed by atoms with Crippen molar-refractivity contribution >= 4 is 21.8 Å². The lowest BCUT2D eigenvalue weighted by Crippen LogP contribution is -2.27. The van der Waals surface area contributed by atoms with Gasteiger partial charge in [-0.1, -0.05) is 12.1 Å². The molecule has 0 aliphatic heterocycles. The number of hydrogen-bond acceptors (Lipinski definition) is 2. The third-order valence-corrected chi connectivity index (χ3v) is 3.00.